The Morgan fingerprint density at radius 3 is 2.35 bits per heavy atom. The summed E-state index contributed by atoms with van der Waals surface area (Å²) in [6, 6.07) is 11.7. The molecular weight excluding hydrogens is 290 g/mol. The summed E-state index contributed by atoms with van der Waals surface area (Å²) < 4.78 is 0. The van der Waals surface area contributed by atoms with Crippen molar-refractivity contribution in [2.45, 2.75) is 26.3 Å². The predicted molar refractivity (Wildman–Crippen MR) is 90.0 cm³/mol. The van der Waals surface area contributed by atoms with Crippen LogP contribution in [0.1, 0.15) is 30.6 Å². The molecular formula is C18H21N3O2. The maximum absolute atomic E-state index is 12.5. The summed E-state index contributed by atoms with van der Waals surface area (Å²) in [5, 5.41) is 5.66. The molecule has 1 aromatic carbocycles. The monoisotopic (exact) mass is 311 g/mol. The summed E-state index contributed by atoms with van der Waals surface area (Å²) in [4.78, 5) is 28.8. The predicted octanol–water partition coefficient (Wildman–Crippen LogP) is 2.86. The Balaban J connectivity index is 2.10. The van der Waals surface area contributed by atoms with Gasteiger partial charge in [0.15, 0.2) is 0 Å². The topological polar surface area (TPSA) is 71.1 Å². The Morgan fingerprint density at radius 2 is 1.74 bits per heavy atom. The van der Waals surface area contributed by atoms with Crippen molar-refractivity contribution >= 4 is 17.5 Å². The Kier molecular flexibility index (Phi) is 5.86. The zero-order valence-electron chi connectivity index (χ0n) is 13.3. The van der Waals surface area contributed by atoms with Crippen molar-refractivity contribution in [3.8, 4) is 0 Å². The Hall–Kier alpha value is -2.69. The molecule has 23 heavy (non-hydrogen) atoms. The number of carbonyl (C=O) groups is 2. The maximum atomic E-state index is 12.5. The van der Waals surface area contributed by atoms with Crippen LogP contribution in [0, 0.1) is 5.92 Å². The van der Waals surface area contributed by atoms with Crippen molar-refractivity contribution in [3.63, 3.8) is 0 Å². The van der Waals surface area contributed by atoms with Gasteiger partial charge in [0.1, 0.15) is 6.04 Å². The number of hydrogen-bond acceptors (Lipinski definition) is 3. The lowest BCUT2D eigenvalue weighted by molar-refractivity contribution is -0.119. The average molecular weight is 311 g/mol. The van der Waals surface area contributed by atoms with Crippen LogP contribution in [-0.4, -0.2) is 22.8 Å². The second kappa shape index (κ2) is 8.08. The first-order valence-corrected chi connectivity index (χ1v) is 7.68. The van der Waals surface area contributed by atoms with Crippen LogP contribution in [0.15, 0.2) is 54.9 Å². The molecule has 0 saturated heterocycles. The number of aromatic nitrogens is 1. The number of nitrogens with zero attached hydrogens (tertiary/aromatic N) is 1. The van der Waals surface area contributed by atoms with Crippen LogP contribution in [0.3, 0.4) is 0 Å². The first kappa shape index (κ1) is 16.7. The summed E-state index contributed by atoms with van der Waals surface area (Å²) in [5.41, 5.74) is 1.20. The summed E-state index contributed by atoms with van der Waals surface area (Å²) in [6.45, 7) is 3.94. The van der Waals surface area contributed by atoms with E-state index in [0.717, 1.165) is 6.42 Å². The van der Waals surface area contributed by atoms with Crippen molar-refractivity contribution in [1.82, 2.24) is 10.3 Å². The number of hydrogen-bond donors (Lipinski definition) is 2. The van der Waals surface area contributed by atoms with Gasteiger partial charge in [0, 0.05) is 23.6 Å². The van der Waals surface area contributed by atoms with Crippen molar-refractivity contribution in [2.24, 2.45) is 5.92 Å². The highest BCUT2D eigenvalue weighted by molar-refractivity contribution is 6.01. The first-order valence-electron chi connectivity index (χ1n) is 7.68. The number of amides is 2. The average Bonchev–Trinajstić information content (AvgIpc) is 2.60. The van der Waals surface area contributed by atoms with Crippen LogP contribution in [0.25, 0.3) is 0 Å². The molecule has 2 unspecified atom stereocenters. The van der Waals surface area contributed by atoms with Gasteiger partial charge < -0.3 is 10.6 Å². The van der Waals surface area contributed by atoms with Gasteiger partial charge in [-0.1, -0.05) is 38.5 Å². The zero-order valence-corrected chi connectivity index (χ0v) is 13.3. The van der Waals surface area contributed by atoms with E-state index in [2.05, 4.69) is 15.6 Å². The quantitative estimate of drug-likeness (QED) is 0.861. The van der Waals surface area contributed by atoms with Gasteiger partial charge in [-0.15, -0.1) is 0 Å². The third-order valence-electron chi connectivity index (χ3n) is 3.77. The number of nitrogens with one attached hydrogen (secondary N) is 2. The van der Waals surface area contributed by atoms with Crippen LogP contribution in [0.4, 0.5) is 5.69 Å². The van der Waals surface area contributed by atoms with Gasteiger partial charge in [-0.05, 0) is 30.2 Å². The highest BCUT2D eigenvalue weighted by atomic mass is 16.2. The SMILES string of the molecule is CCC(C)C(NC(=O)c1ccccc1)C(=O)Nc1ccncc1. The molecule has 0 bridgehead atoms. The van der Waals surface area contributed by atoms with Crippen LogP contribution < -0.4 is 10.6 Å². The van der Waals surface area contributed by atoms with E-state index in [4.69, 9.17) is 0 Å². The highest BCUT2D eigenvalue weighted by Gasteiger charge is 2.26. The summed E-state index contributed by atoms with van der Waals surface area (Å²) in [6.07, 6.45) is 4.00. The van der Waals surface area contributed by atoms with Crippen LogP contribution in [0.5, 0.6) is 0 Å². The first-order chi connectivity index (χ1) is 11.1. The normalized spacial score (nSPS) is 13.0. The van der Waals surface area contributed by atoms with E-state index >= 15 is 0 Å². The minimum atomic E-state index is -0.596. The number of benzene rings is 1. The molecule has 0 spiro atoms. The van der Waals surface area contributed by atoms with Crippen LogP contribution in [-0.2, 0) is 4.79 Å². The number of pyridine rings is 1. The Bertz CT molecular complexity index is 644. The molecule has 2 atom stereocenters. The van der Waals surface area contributed by atoms with Gasteiger partial charge >= 0.3 is 0 Å². The molecule has 2 N–H and O–H groups in total. The van der Waals surface area contributed by atoms with Gasteiger partial charge in [-0.25, -0.2) is 0 Å². The second-order valence-electron chi connectivity index (χ2n) is 5.43. The van der Waals surface area contributed by atoms with Crippen molar-refractivity contribution in [3.05, 3.63) is 60.4 Å². The van der Waals surface area contributed by atoms with Gasteiger partial charge in [-0.2, -0.15) is 0 Å². The lowest BCUT2D eigenvalue weighted by Crippen LogP contribution is -2.47. The largest absolute Gasteiger partial charge is 0.340 e. The molecule has 0 aliphatic rings. The summed E-state index contributed by atoms with van der Waals surface area (Å²) in [5.74, 6) is -0.458. The van der Waals surface area contributed by atoms with E-state index in [1.165, 1.54) is 0 Å². The second-order valence-corrected chi connectivity index (χ2v) is 5.43. The lowest BCUT2D eigenvalue weighted by atomic mass is 9.97. The van der Waals surface area contributed by atoms with Crippen molar-refractivity contribution in [1.29, 1.82) is 0 Å². The third-order valence-corrected chi connectivity index (χ3v) is 3.77. The molecule has 0 aliphatic heterocycles. The number of rotatable bonds is 6. The smallest absolute Gasteiger partial charge is 0.251 e. The molecule has 1 aromatic heterocycles. The molecule has 120 valence electrons. The molecule has 1 heterocycles. The molecule has 5 heteroatoms. The number of anilines is 1. The maximum Gasteiger partial charge on any atom is 0.251 e. The van der Waals surface area contributed by atoms with Gasteiger partial charge in [-0.3, -0.25) is 14.6 Å². The van der Waals surface area contributed by atoms with E-state index in [1.807, 2.05) is 19.9 Å². The molecule has 0 saturated carbocycles. The van der Waals surface area contributed by atoms with Crippen molar-refractivity contribution in [2.75, 3.05) is 5.32 Å². The van der Waals surface area contributed by atoms with Crippen LogP contribution >= 0.6 is 0 Å². The van der Waals surface area contributed by atoms with E-state index in [1.54, 1.807) is 48.8 Å². The Morgan fingerprint density at radius 1 is 1.09 bits per heavy atom. The van der Waals surface area contributed by atoms with E-state index in [0.29, 0.717) is 11.3 Å². The summed E-state index contributed by atoms with van der Waals surface area (Å²) in [7, 11) is 0. The fourth-order valence-electron chi connectivity index (χ4n) is 2.17. The fraction of sp³-hybridized carbons (Fsp3) is 0.278. The molecule has 2 amide bonds. The van der Waals surface area contributed by atoms with Gasteiger partial charge in [0.05, 0.1) is 0 Å². The molecule has 0 fully saturated rings. The molecule has 2 aromatic rings. The lowest BCUT2D eigenvalue weighted by Gasteiger charge is -2.23. The van der Waals surface area contributed by atoms with E-state index in [-0.39, 0.29) is 17.7 Å². The molecule has 2 rings (SSSR count). The minimum Gasteiger partial charge on any atom is -0.340 e. The van der Waals surface area contributed by atoms with Gasteiger partial charge in [0.2, 0.25) is 5.91 Å². The standard InChI is InChI=1S/C18H21N3O2/c1-3-13(2)16(18(23)20-15-9-11-19-12-10-15)21-17(22)14-7-5-4-6-8-14/h4-13,16H,3H2,1-2H3,(H,21,22)(H,19,20,23). The number of carbonyl (C=O) groups excluding carboxylic acids is 2. The van der Waals surface area contributed by atoms with E-state index in [9.17, 15) is 9.59 Å². The third kappa shape index (κ3) is 4.64. The minimum absolute atomic E-state index is 0.0181. The molecule has 0 radical (unpaired) electrons. The zero-order chi connectivity index (χ0) is 16.7. The molecule has 0 aliphatic carbocycles. The highest BCUT2D eigenvalue weighted by Crippen LogP contribution is 2.12. The van der Waals surface area contributed by atoms with Crippen molar-refractivity contribution < 1.29 is 9.59 Å². The van der Waals surface area contributed by atoms with E-state index < -0.39 is 6.04 Å². The summed E-state index contributed by atoms with van der Waals surface area (Å²) >= 11 is 0. The van der Waals surface area contributed by atoms with Crippen LogP contribution in [0.2, 0.25) is 0 Å². The Labute approximate surface area is 136 Å². The molecule has 5 nitrogen and oxygen atoms in total. The fourth-order valence-corrected chi connectivity index (χ4v) is 2.17. The van der Waals surface area contributed by atoms with Gasteiger partial charge in [0.25, 0.3) is 5.91 Å².